The Bertz CT molecular complexity index is 627. The number of aryl methyl sites for hydroxylation is 1. The highest BCUT2D eigenvalue weighted by molar-refractivity contribution is 5.93. The first-order valence-electron chi connectivity index (χ1n) is 5.88. The van der Waals surface area contributed by atoms with Crippen LogP contribution in [0.5, 0.6) is 0 Å². The van der Waals surface area contributed by atoms with Crippen LogP contribution in [-0.4, -0.2) is 23.1 Å². The maximum Gasteiger partial charge on any atom is 0.316 e. The molecule has 0 aliphatic rings. The second-order valence-corrected chi connectivity index (χ2v) is 4.27. The number of nitrogens with zero attached hydrogens (tertiary/aromatic N) is 2. The van der Waals surface area contributed by atoms with Crippen LogP contribution in [0, 0.1) is 6.92 Å². The highest BCUT2D eigenvalue weighted by atomic mass is 16.5. The lowest BCUT2D eigenvalue weighted by atomic mass is 10.1. The van der Waals surface area contributed by atoms with Gasteiger partial charge in [-0.15, -0.1) is 0 Å². The fraction of sp³-hybridized carbons (Fsp3) is 0.308. The van der Waals surface area contributed by atoms with E-state index in [1.807, 2.05) is 26.0 Å². The Labute approximate surface area is 111 Å². The van der Waals surface area contributed by atoms with Crippen LogP contribution in [0.4, 0.5) is 10.5 Å². The number of methoxy groups -OCH3 is 1. The number of primary amides is 1. The van der Waals surface area contributed by atoms with E-state index < -0.39 is 6.03 Å². The molecule has 1 atom stereocenters. The average Bonchev–Trinajstić information content (AvgIpc) is 2.36. The number of hydrogen-bond acceptors (Lipinski definition) is 4. The summed E-state index contributed by atoms with van der Waals surface area (Å²) in [6, 6.07) is 3.13. The Morgan fingerprint density at radius 3 is 2.84 bits per heavy atom. The van der Waals surface area contributed by atoms with Crippen molar-refractivity contribution in [2.45, 2.75) is 20.0 Å². The fourth-order valence-corrected chi connectivity index (χ4v) is 1.94. The van der Waals surface area contributed by atoms with Gasteiger partial charge in [-0.05, 0) is 26.0 Å². The Balaban J connectivity index is 2.71. The molecule has 6 nitrogen and oxygen atoms in total. The number of ether oxygens (including phenoxy) is 1. The zero-order valence-corrected chi connectivity index (χ0v) is 11.1. The third kappa shape index (κ3) is 2.63. The number of nitrogens with two attached hydrogens (primary N) is 1. The maximum absolute atomic E-state index is 11.1. The standard InChI is InChI=1S/C13H16N4O2/c1-7-4-5-9-12(16-7)11(8(2)19-3)10(6-15-9)17-13(14)18/h4-6,8H,1-3H3,(H3,14,17,18). The average molecular weight is 260 g/mol. The van der Waals surface area contributed by atoms with Crippen molar-refractivity contribution in [3.05, 3.63) is 29.6 Å². The minimum absolute atomic E-state index is 0.235. The molecule has 0 spiro atoms. The first-order chi connectivity index (χ1) is 9.02. The van der Waals surface area contributed by atoms with Crippen molar-refractivity contribution < 1.29 is 9.53 Å². The zero-order valence-electron chi connectivity index (χ0n) is 11.1. The molecule has 0 aliphatic carbocycles. The summed E-state index contributed by atoms with van der Waals surface area (Å²) >= 11 is 0. The SMILES string of the molecule is COC(C)c1c(NC(N)=O)cnc2ccc(C)nc12. The molecule has 2 heterocycles. The van der Waals surface area contributed by atoms with Crippen LogP contribution < -0.4 is 11.1 Å². The number of fused-ring (bicyclic) bond motifs is 1. The number of hydrogen-bond donors (Lipinski definition) is 2. The van der Waals surface area contributed by atoms with Crippen molar-refractivity contribution in [3.8, 4) is 0 Å². The van der Waals surface area contributed by atoms with Crippen LogP contribution in [0.15, 0.2) is 18.3 Å². The smallest absolute Gasteiger partial charge is 0.316 e. The largest absolute Gasteiger partial charge is 0.377 e. The lowest BCUT2D eigenvalue weighted by Crippen LogP contribution is -2.21. The molecule has 2 aromatic rings. The van der Waals surface area contributed by atoms with Gasteiger partial charge in [-0.25, -0.2) is 4.79 Å². The van der Waals surface area contributed by atoms with Crippen molar-refractivity contribution in [2.75, 3.05) is 12.4 Å². The number of anilines is 1. The predicted molar refractivity (Wildman–Crippen MR) is 72.9 cm³/mol. The van der Waals surface area contributed by atoms with Crippen LogP contribution >= 0.6 is 0 Å². The predicted octanol–water partition coefficient (Wildman–Crippen LogP) is 2.14. The van der Waals surface area contributed by atoms with E-state index in [1.165, 1.54) is 0 Å². The first-order valence-corrected chi connectivity index (χ1v) is 5.88. The molecule has 2 rings (SSSR count). The van der Waals surface area contributed by atoms with Gasteiger partial charge >= 0.3 is 6.03 Å². The fourth-order valence-electron chi connectivity index (χ4n) is 1.94. The number of carbonyl (C=O) groups excluding carboxylic acids is 1. The molecule has 100 valence electrons. The number of pyridine rings is 2. The summed E-state index contributed by atoms with van der Waals surface area (Å²) in [6.45, 7) is 3.78. The van der Waals surface area contributed by atoms with Crippen LogP contribution in [0.3, 0.4) is 0 Å². The number of nitrogens with one attached hydrogen (secondary N) is 1. The van der Waals surface area contributed by atoms with Crippen LogP contribution in [-0.2, 0) is 4.74 Å². The normalized spacial score (nSPS) is 12.4. The second-order valence-electron chi connectivity index (χ2n) is 4.27. The molecule has 0 fully saturated rings. The number of urea groups is 1. The molecule has 2 aromatic heterocycles. The van der Waals surface area contributed by atoms with Gasteiger partial charge < -0.3 is 15.8 Å². The second kappa shape index (κ2) is 5.19. The molecule has 0 aliphatic heterocycles. The Morgan fingerprint density at radius 1 is 1.47 bits per heavy atom. The van der Waals surface area contributed by atoms with Crippen LogP contribution in [0.25, 0.3) is 11.0 Å². The molecule has 3 N–H and O–H groups in total. The number of rotatable bonds is 3. The molecule has 6 heteroatoms. The minimum Gasteiger partial charge on any atom is -0.377 e. The summed E-state index contributed by atoms with van der Waals surface area (Å²) in [6.07, 6.45) is 1.33. The quantitative estimate of drug-likeness (QED) is 0.884. The van der Waals surface area contributed by atoms with Gasteiger partial charge in [-0.3, -0.25) is 9.97 Å². The Kier molecular flexibility index (Phi) is 3.62. The first kappa shape index (κ1) is 13.2. The summed E-state index contributed by atoms with van der Waals surface area (Å²) in [5, 5.41) is 2.56. The molecular weight excluding hydrogens is 244 g/mol. The molecule has 0 radical (unpaired) electrons. The van der Waals surface area contributed by atoms with Crippen molar-refractivity contribution in [1.29, 1.82) is 0 Å². The van der Waals surface area contributed by atoms with Gasteiger partial charge in [-0.2, -0.15) is 0 Å². The zero-order chi connectivity index (χ0) is 14.0. The Hall–Kier alpha value is -2.21. The van der Waals surface area contributed by atoms with Crippen molar-refractivity contribution >= 4 is 22.8 Å². The van der Waals surface area contributed by atoms with E-state index in [0.717, 1.165) is 16.8 Å². The minimum atomic E-state index is -0.640. The van der Waals surface area contributed by atoms with Gasteiger partial charge in [0.1, 0.15) is 0 Å². The summed E-state index contributed by atoms with van der Waals surface area (Å²) < 4.78 is 5.35. The van der Waals surface area contributed by atoms with Gasteiger partial charge in [0.25, 0.3) is 0 Å². The molecule has 19 heavy (non-hydrogen) atoms. The maximum atomic E-state index is 11.1. The molecular formula is C13H16N4O2. The molecule has 2 amide bonds. The van der Waals surface area contributed by atoms with E-state index in [4.69, 9.17) is 10.5 Å². The highest BCUT2D eigenvalue weighted by Crippen LogP contribution is 2.30. The lowest BCUT2D eigenvalue weighted by Gasteiger charge is -2.17. The number of aromatic nitrogens is 2. The Morgan fingerprint density at radius 2 is 2.21 bits per heavy atom. The van der Waals surface area contributed by atoms with Gasteiger partial charge in [0.05, 0.1) is 29.0 Å². The van der Waals surface area contributed by atoms with E-state index >= 15 is 0 Å². The van der Waals surface area contributed by atoms with E-state index in [1.54, 1.807) is 13.3 Å². The molecule has 0 aromatic carbocycles. The van der Waals surface area contributed by atoms with E-state index in [9.17, 15) is 4.79 Å². The van der Waals surface area contributed by atoms with Gasteiger partial charge in [0.15, 0.2) is 0 Å². The third-order valence-corrected chi connectivity index (χ3v) is 2.91. The van der Waals surface area contributed by atoms with E-state index in [2.05, 4.69) is 15.3 Å². The van der Waals surface area contributed by atoms with Gasteiger partial charge in [0, 0.05) is 18.4 Å². The topological polar surface area (TPSA) is 90.1 Å². The van der Waals surface area contributed by atoms with E-state index in [-0.39, 0.29) is 6.10 Å². The molecule has 0 saturated heterocycles. The summed E-state index contributed by atoms with van der Waals surface area (Å²) in [4.78, 5) is 19.8. The summed E-state index contributed by atoms with van der Waals surface area (Å²) in [5.41, 5.74) is 8.79. The summed E-state index contributed by atoms with van der Waals surface area (Å²) in [7, 11) is 1.60. The van der Waals surface area contributed by atoms with Gasteiger partial charge in [0.2, 0.25) is 0 Å². The summed E-state index contributed by atoms with van der Waals surface area (Å²) in [5.74, 6) is 0. The monoisotopic (exact) mass is 260 g/mol. The molecule has 1 unspecified atom stereocenters. The van der Waals surface area contributed by atoms with Gasteiger partial charge in [-0.1, -0.05) is 0 Å². The molecule has 0 saturated carbocycles. The molecule has 0 bridgehead atoms. The number of amides is 2. The number of carbonyl (C=O) groups is 1. The van der Waals surface area contributed by atoms with Crippen LogP contribution in [0.2, 0.25) is 0 Å². The highest BCUT2D eigenvalue weighted by Gasteiger charge is 2.17. The van der Waals surface area contributed by atoms with Crippen molar-refractivity contribution in [1.82, 2.24) is 9.97 Å². The van der Waals surface area contributed by atoms with Crippen molar-refractivity contribution in [3.63, 3.8) is 0 Å². The third-order valence-electron chi connectivity index (χ3n) is 2.91. The van der Waals surface area contributed by atoms with E-state index in [0.29, 0.717) is 11.2 Å². The lowest BCUT2D eigenvalue weighted by molar-refractivity contribution is 0.121. The van der Waals surface area contributed by atoms with Crippen LogP contribution in [0.1, 0.15) is 24.3 Å². The van der Waals surface area contributed by atoms with Crippen molar-refractivity contribution in [2.24, 2.45) is 5.73 Å².